The van der Waals surface area contributed by atoms with Crippen molar-refractivity contribution in [2.24, 2.45) is 16.6 Å². The smallest absolute Gasteiger partial charge is 0.270 e. The summed E-state index contributed by atoms with van der Waals surface area (Å²) in [4.78, 5) is 22.0. The summed E-state index contributed by atoms with van der Waals surface area (Å²) in [6.45, 7) is 0. The number of pyridine rings is 1. The van der Waals surface area contributed by atoms with Crippen LogP contribution in [0.5, 0.6) is 11.6 Å². The van der Waals surface area contributed by atoms with Crippen molar-refractivity contribution in [3.63, 3.8) is 0 Å². The number of fused-ring (bicyclic) bond motifs is 4. The topological polar surface area (TPSA) is 98.8 Å². The lowest BCUT2D eigenvalue weighted by Crippen LogP contribution is -2.54. The minimum absolute atomic E-state index is 0.0120. The van der Waals surface area contributed by atoms with E-state index in [2.05, 4.69) is 32.3 Å². The number of aromatic nitrogens is 1. The molecule has 1 saturated carbocycles. The SMILES string of the molecule is COc1cccc(C(=O)NC2CC[C@@H]3Oc4ccc(Br)cc4C4(CSC(N)=N4)[C@H]3C2)n1. The van der Waals surface area contributed by atoms with E-state index in [0.29, 0.717) is 16.7 Å². The second-order valence-corrected chi connectivity index (χ2v) is 10.0. The van der Waals surface area contributed by atoms with E-state index in [-0.39, 0.29) is 24.0 Å². The van der Waals surface area contributed by atoms with Gasteiger partial charge in [0.25, 0.3) is 5.91 Å². The fourth-order valence-corrected chi connectivity index (χ4v) is 6.30. The first kappa shape index (κ1) is 20.6. The van der Waals surface area contributed by atoms with Gasteiger partial charge in [-0.15, -0.1) is 0 Å². The van der Waals surface area contributed by atoms with Crippen LogP contribution in [0.4, 0.5) is 0 Å². The Labute approximate surface area is 193 Å². The number of nitrogens with two attached hydrogens (primary N) is 1. The Bertz CT molecular complexity index is 1060. The second kappa shape index (κ2) is 8.02. The van der Waals surface area contributed by atoms with Crippen molar-refractivity contribution < 1.29 is 14.3 Å². The predicted molar refractivity (Wildman–Crippen MR) is 124 cm³/mol. The van der Waals surface area contributed by atoms with Crippen molar-refractivity contribution >= 4 is 38.8 Å². The highest BCUT2D eigenvalue weighted by atomic mass is 79.9. The second-order valence-electron chi connectivity index (χ2n) is 8.11. The number of carbonyl (C=O) groups is 1. The summed E-state index contributed by atoms with van der Waals surface area (Å²) >= 11 is 5.18. The highest BCUT2D eigenvalue weighted by molar-refractivity contribution is 9.10. The number of thioether (sulfide) groups is 1. The van der Waals surface area contributed by atoms with Gasteiger partial charge in [0.05, 0.1) is 7.11 Å². The molecular formula is C22H23BrN4O3S. The number of aliphatic imine (C=N–C) groups is 1. The Morgan fingerprint density at radius 1 is 1.35 bits per heavy atom. The highest BCUT2D eigenvalue weighted by Crippen LogP contribution is 2.54. The molecule has 1 aliphatic carbocycles. The predicted octanol–water partition coefficient (Wildman–Crippen LogP) is 3.47. The average Bonchev–Trinajstić information content (AvgIpc) is 3.17. The molecule has 1 fully saturated rings. The molecule has 162 valence electrons. The van der Waals surface area contributed by atoms with Crippen molar-refractivity contribution in [1.82, 2.24) is 10.3 Å². The van der Waals surface area contributed by atoms with Crippen LogP contribution in [0.1, 0.15) is 35.3 Å². The number of amides is 1. The zero-order valence-corrected chi connectivity index (χ0v) is 19.4. The largest absolute Gasteiger partial charge is 0.490 e. The number of halogens is 1. The van der Waals surface area contributed by atoms with Crippen LogP contribution in [-0.2, 0) is 5.54 Å². The van der Waals surface area contributed by atoms with E-state index in [1.807, 2.05) is 12.1 Å². The van der Waals surface area contributed by atoms with Gasteiger partial charge < -0.3 is 20.5 Å². The standard InChI is InChI=1S/C22H23BrN4O3S/c1-29-19-4-2-3-16(26-19)20(28)25-13-6-8-18-15(10-13)22(11-31-21(24)27-22)14-9-12(23)5-7-17(14)30-18/h2-5,7,9,13,15,18H,6,8,10-11H2,1H3,(H2,24,27)(H,25,28)/t13?,15-,18-,22?/m0/s1. The Morgan fingerprint density at radius 3 is 3.00 bits per heavy atom. The van der Waals surface area contributed by atoms with E-state index in [1.165, 1.54) is 7.11 Å². The van der Waals surface area contributed by atoms with Crippen molar-refractivity contribution in [3.05, 3.63) is 52.1 Å². The summed E-state index contributed by atoms with van der Waals surface area (Å²) in [7, 11) is 1.54. The van der Waals surface area contributed by atoms with Crippen LogP contribution in [0.25, 0.3) is 0 Å². The number of nitrogens with zero attached hydrogens (tertiary/aromatic N) is 2. The third-order valence-electron chi connectivity index (χ3n) is 6.34. The third kappa shape index (κ3) is 3.67. The Balaban J connectivity index is 1.42. The lowest BCUT2D eigenvalue weighted by atomic mass is 9.67. The first-order valence-corrected chi connectivity index (χ1v) is 12.0. The maximum Gasteiger partial charge on any atom is 0.270 e. The minimum Gasteiger partial charge on any atom is -0.490 e. The monoisotopic (exact) mass is 502 g/mol. The molecule has 3 aliphatic rings. The van der Waals surface area contributed by atoms with E-state index in [9.17, 15) is 4.79 Å². The molecule has 1 aromatic heterocycles. The molecule has 5 rings (SSSR count). The number of rotatable bonds is 3. The number of carbonyl (C=O) groups excluding carboxylic acids is 1. The summed E-state index contributed by atoms with van der Waals surface area (Å²) in [5.41, 5.74) is 7.13. The lowest BCUT2D eigenvalue weighted by molar-refractivity contribution is 0.0155. The van der Waals surface area contributed by atoms with Crippen molar-refractivity contribution in [3.8, 4) is 11.6 Å². The third-order valence-corrected chi connectivity index (χ3v) is 7.80. The van der Waals surface area contributed by atoms with Crippen molar-refractivity contribution in [2.45, 2.75) is 36.9 Å². The molecule has 9 heteroatoms. The van der Waals surface area contributed by atoms with Gasteiger partial charge in [-0.25, -0.2) is 9.98 Å². The molecule has 0 saturated heterocycles. The average molecular weight is 503 g/mol. The van der Waals surface area contributed by atoms with Gasteiger partial charge >= 0.3 is 0 Å². The quantitative estimate of drug-likeness (QED) is 0.666. The van der Waals surface area contributed by atoms with Crippen LogP contribution in [0.3, 0.4) is 0 Å². The van der Waals surface area contributed by atoms with Crippen molar-refractivity contribution in [1.29, 1.82) is 0 Å². The molecule has 0 radical (unpaired) electrons. The molecule has 2 aliphatic heterocycles. The molecule has 0 bridgehead atoms. The van der Waals surface area contributed by atoms with E-state index < -0.39 is 5.54 Å². The molecule has 1 spiro atoms. The molecule has 2 aromatic rings. The first-order valence-electron chi connectivity index (χ1n) is 10.3. The minimum atomic E-state index is -0.436. The Hall–Kier alpha value is -2.26. The van der Waals surface area contributed by atoms with Crippen LogP contribution < -0.4 is 20.5 Å². The van der Waals surface area contributed by atoms with Gasteiger partial charge in [0.15, 0.2) is 5.17 Å². The zero-order chi connectivity index (χ0) is 21.6. The fourth-order valence-electron chi connectivity index (χ4n) is 4.91. The maximum atomic E-state index is 12.8. The fraction of sp³-hybridized carbons (Fsp3) is 0.409. The Kier molecular flexibility index (Phi) is 5.34. The molecule has 3 heterocycles. The van der Waals surface area contributed by atoms with Gasteiger partial charge in [0.2, 0.25) is 5.88 Å². The van der Waals surface area contributed by atoms with E-state index >= 15 is 0 Å². The molecule has 1 aromatic carbocycles. The van der Waals surface area contributed by atoms with E-state index in [0.717, 1.165) is 40.8 Å². The maximum absolute atomic E-state index is 12.8. The summed E-state index contributed by atoms with van der Waals surface area (Å²) in [5, 5.41) is 3.77. The van der Waals surface area contributed by atoms with Gasteiger partial charge in [-0.3, -0.25) is 4.79 Å². The number of hydrogen-bond donors (Lipinski definition) is 2. The molecule has 3 N–H and O–H groups in total. The summed E-state index contributed by atoms with van der Waals surface area (Å²) in [6, 6.07) is 11.3. The van der Waals surface area contributed by atoms with Crippen LogP contribution in [-0.4, -0.2) is 41.1 Å². The number of benzene rings is 1. The van der Waals surface area contributed by atoms with Gasteiger partial charge in [0.1, 0.15) is 23.1 Å². The molecular weight excluding hydrogens is 480 g/mol. The Morgan fingerprint density at radius 2 is 2.23 bits per heavy atom. The van der Waals surface area contributed by atoms with E-state index in [1.54, 1.807) is 30.0 Å². The van der Waals surface area contributed by atoms with Gasteiger partial charge in [-0.2, -0.15) is 0 Å². The number of nitrogens with one attached hydrogen (secondary N) is 1. The molecule has 31 heavy (non-hydrogen) atoms. The molecule has 2 unspecified atom stereocenters. The number of amidine groups is 1. The number of methoxy groups -OCH3 is 1. The molecule has 1 amide bonds. The van der Waals surface area contributed by atoms with Crippen LogP contribution in [0.2, 0.25) is 0 Å². The van der Waals surface area contributed by atoms with Gasteiger partial charge in [-0.05, 0) is 43.5 Å². The van der Waals surface area contributed by atoms with Gasteiger partial charge in [-0.1, -0.05) is 33.8 Å². The van der Waals surface area contributed by atoms with Crippen molar-refractivity contribution in [2.75, 3.05) is 12.9 Å². The normalized spacial score (nSPS) is 28.8. The molecule has 7 nitrogen and oxygen atoms in total. The van der Waals surface area contributed by atoms with Gasteiger partial charge in [0, 0.05) is 33.8 Å². The van der Waals surface area contributed by atoms with Crippen LogP contribution in [0, 0.1) is 5.92 Å². The number of hydrogen-bond acceptors (Lipinski definition) is 7. The lowest BCUT2D eigenvalue weighted by Gasteiger charge is -2.48. The summed E-state index contributed by atoms with van der Waals surface area (Å²) in [5.74, 6) is 2.02. The van der Waals surface area contributed by atoms with E-state index in [4.69, 9.17) is 20.2 Å². The number of ether oxygens (including phenoxy) is 2. The first-order chi connectivity index (χ1) is 15.0. The van der Waals surface area contributed by atoms with Crippen LogP contribution >= 0.6 is 27.7 Å². The molecule has 4 atom stereocenters. The summed E-state index contributed by atoms with van der Waals surface area (Å²) in [6.07, 6.45) is 2.50. The highest BCUT2D eigenvalue weighted by Gasteiger charge is 2.54. The zero-order valence-electron chi connectivity index (χ0n) is 17.0. The summed E-state index contributed by atoms with van der Waals surface area (Å²) < 4.78 is 12.5. The van der Waals surface area contributed by atoms with Crippen LogP contribution in [0.15, 0.2) is 45.9 Å².